The van der Waals surface area contributed by atoms with Crippen LogP contribution in [0.15, 0.2) is 35.3 Å². The molecule has 0 aromatic heterocycles. The number of anilines is 1. The van der Waals surface area contributed by atoms with Crippen molar-refractivity contribution in [2.24, 2.45) is 10.7 Å². The average Bonchev–Trinajstić information content (AvgIpc) is 2.40. The lowest BCUT2D eigenvalue weighted by atomic mass is 10.3. The van der Waals surface area contributed by atoms with E-state index in [-0.39, 0.29) is 0 Å². The summed E-state index contributed by atoms with van der Waals surface area (Å²) in [6.07, 6.45) is 2.24. The van der Waals surface area contributed by atoms with Crippen molar-refractivity contribution in [3.63, 3.8) is 0 Å². The molecule has 3 N–H and O–H groups in total. The number of aliphatic imine (C=N–C) groups is 1. The summed E-state index contributed by atoms with van der Waals surface area (Å²) in [5.41, 5.74) is 6.97. The third-order valence-electron chi connectivity index (χ3n) is 2.74. The number of nitrogens with one attached hydrogen (secondary N) is 1. The highest BCUT2D eigenvalue weighted by Gasteiger charge is 1.99. The Morgan fingerprint density at radius 1 is 1.33 bits per heavy atom. The highest BCUT2D eigenvalue weighted by Crippen LogP contribution is 2.09. The Hall–Kier alpha value is -1.71. The Kier molecular flexibility index (Phi) is 6.69. The van der Waals surface area contributed by atoms with E-state index in [1.54, 1.807) is 0 Å². The van der Waals surface area contributed by atoms with Crippen LogP contribution in [0.5, 0.6) is 0 Å². The van der Waals surface area contributed by atoms with Gasteiger partial charge in [0.25, 0.3) is 0 Å². The second kappa shape index (κ2) is 8.39. The van der Waals surface area contributed by atoms with E-state index in [0.717, 1.165) is 32.5 Å². The molecule has 0 unspecified atom stereocenters. The van der Waals surface area contributed by atoms with Crippen molar-refractivity contribution in [3.05, 3.63) is 30.3 Å². The lowest BCUT2D eigenvalue weighted by Crippen LogP contribution is -2.37. The van der Waals surface area contributed by atoms with Crippen molar-refractivity contribution in [1.82, 2.24) is 5.32 Å². The largest absolute Gasteiger partial charge is 0.373 e. The van der Waals surface area contributed by atoms with Crippen LogP contribution in [-0.4, -0.2) is 32.6 Å². The number of likely N-dealkylation sites (N-methyl/N-ethyl adjacent to an activating group) is 1. The third-order valence-corrected chi connectivity index (χ3v) is 2.74. The molecule has 0 saturated carbocycles. The summed E-state index contributed by atoms with van der Waals surface area (Å²) in [6.45, 7) is 4.65. The minimum Gasteiger partial charge on any atom is -0.373 e. The number of unbranched alkanes of at least 4 members (excludes halogenated alkanes) is 1. The summed E-state index contributed by atoms with van der Waals surface area (Å²) >= 11 is 0. The van der Waals surface area contributed by atoms with Gasteiger partial charge in [0.05, 0.1) is 0 Å². The molecule has 4 nitrogen and oxygen atoms in total. The maximum Gasteiger partial charge on any atom is 0.188 e. The molecule has 4 heteroatoms. The molecule has 0 aliphatic rings. The first kappa shape index (κ1) is 14.4. The first-order valence-electron chi connectivity index (χ1n) is 6.54. The van der Waals surface area contributed by atoms with Gasteiger partial charge in [-0.05, 0) is 18.6 Å². The molecule has 0 bridgehead atoms. The fraction of sp³-hybridized carbons (Fsp3) is 0.500. The molecule has 0 heterocycles. The lowest BCUT2D eigenvalue weighted by molar-refractivity contribution is 0.783. The van der Waals surface area contributed by atoms with Crippen LogP contribution >= 0.6 is 0 Å². The number of nitrogens with two attached hydrogens (primary N) is 1. The summed E-state index contributed by atoms with van der Waals surface area (Å²) < 4.78 is 0. The van der Waals surface area contributed by atoms with Gasteiger partial charge in [-0.3, -0.25) is 4.99 Å². The van der Waals surface area contributed by atoms with Crippen LogP contribution in [0.1, 0.15) is 19.8 Å². The third kappa shape index (κ3) is 5.57. The molecular formula is C14H24N4. The van der Waals surface area contributed by atoms with E-state index in [2.05, 4.69) is 41.3 Å². The number of hydrogen-bond donors (Lipinski definition) is 2. The van der Waals surface area contributed by atoms with Crippen LogP contribution in [0, 0.1) is 0 Å². The van der Waals surface area contributed by atoms with Crippen LogP contribution in [0.2, 0.25) is 0 Å². The second-order valence-corrected chi connectivity index (χ2v) is 4.30. The normalized spacial score (nSPS) is 11.3. The first-order valence-corrected chi connectivity index (χ1v) is 6.54. The SMILES string of the molecule is CCCCN=C(N)NCCN(C)c1ccccc1. The molecule has 0 saturated heterocycles. The van der Waals surface area contributed by atoms with Crippen molar-refractivity contribution in [1.29, 1.82) is 0 Å². The molecule has 0 amide bonds. The van der Waals surface area contributed by atoms with Crippen LogP contribution in [0.25, 0.3) is 0 Å². The Morgan fingerprint density at radius 3 is 2.72 bits per heavy atom. The monoisotopic (exact) mass is 248 g/mol. The molecule has 0 spiro atoms. The van der Waals surface area contributed by atoms with Gasteiger partial charge >= 0.3 is 0 Å². The summed E-state index contributed by atoms with van der Waals surface area (Å²) in [4.78, 5) is 6.44. The van der Waals surface area contributed by atoms with Crippen molar-refractivity contribution in [2.75, 3.05) is 31.6 Å². The Labute approximate surface area is 110 Å². The van der Waals surface area contributed by atoms with E-state index in [1.807, 2.05) is 18.2 Å². The molecule has 0 aliphatic carbocycles. The predicted octanol–water partition coefficient (Wildman–Crippen LogP) is 1.83. The van der Waals surface area contributed by atoms with Crippen molar-refractivity contribution in [2.45, 2.75) is 19.8 Å². The molecular weight excluding hydrogens is 224 g/mol. The number of guanidine groups is 1. The summed E-state index contributed by atoms with van der Waals surface area (Å²) in [5.74, 6) is 0.546. The van der Waals surface area contributed by atoms with E-state index in [1.165, 1.54) is 5.69 Å². The van der Waals surface area contributed by atoms with Crippen molar-refractivity contribution >= 4 is 11.6 Å². The van der Waals surface area contributed by atoms with Crippen LogP contribution in [0.4, 0.5) is 5.69 Å². The highest BCUT2D eigenvalue weighted by molar-refractivity contribution is 5.77. The van der Waals surface area contributed by atoms with Gasteiger partial charge in [-0.15, -0.1) is 0 Å². The maximum atomic E-state index is 5.76. The van der Waals surface area contributed by atoms with Gasteiger partial charge in [0.15, 0.2) is 5.96 Å². The lowest BCUT2D eigenvalue weighted by Gasteiger charge is -2.19. The van der Waals surface area contributed by atoms with Gasteiger partial charge in [-0.1, -0.05) is 31.5 Å². The summed E-state index contributed by atoms with van der Waals surface area (Å²) in [5, 5.41) is 3.13. The number of benzene rings is 1. The Morgan fingerprint density at radius 2 is 2.06 bits per heavy atom. The van der Waals surface area contributed by atoms with Crippen LogP contribution in [-0.2, 0) is 0 Å². The van der Waals surface area contributed by atoms with Gasteiger partial charge in [-0.25, -0.2) is 0 Å². The summed E-state index contributed by atoms with van der Waals surface area (Å²) in [7, 11) is 2.07. The zero-order chi connectivity index (χ0) is 13.2. The van der Waals surface area contributed by atoms with Gasteiger partial charge in [-0.2, -0.15) is 0 Å². The minimum absolute atomic E-state index is 0.546. The quantitative estimate of drug-likeness (QED) is 0.440. The zero-order valence-electron chi connectivity index (χ0n) is 11.4. The van der Waals surface area contributed by atoms with Gasteiger partial charge in [0.2, 0.25) is 0 Å². The molecule has 100 valence electrons. The fourth-order valence-corrected chi connectivity index (χ4v) is 1.58. The number of rotatable bonds is 7. The summed E-state index contributed by atoms with van der Waals surface area (Å²) in [6, 6.07) is 10.3. The van der Waals surface area contributed by atoms with Crippen LogP contribution in [0.3, 0.4) is 0 Å². The Bertz CT molecular complexity index is 348. The smallest absolute Gasteiger partial charge is 0.188 e. The standard InChI is InChI=1S/C14H24N4/c1-3-4-10-16-14(15)17-11-12-18(2)13-8-6-5-7-9-13/h5-9H,3-4,10-12H2,1-2H3,(H3,15,16,17). The molecule has 1 aromatic rings. The molecule has 0 fully saturated rings. The van der Waals surface area contributed by atoms with E-state index in [9.17, 15) is 0 Å². The molecule has 1 aromatic carbocycles. The maximum absolute atomic E-state index is 5.76. The molecule has 0 aliphatic heterocycles. The second-order valence-electron chi connectivity index (χ2n) is 4.30. The van der Waals surface area contributed by atoms with E-state index in [0.29, 0.717) is 5.96 Å². The number of hydrogen-bond acceptors (Lipinski definition) is 2. The fourth-order valence-electron chi connectivity index (χ4n) is 1.58. The molecule has 1 rings (SSSR count). The number of nitrogens with zero attached hydrogens (tertiary/aromatic N) is 2. The van der Waals surface area contributed by atoms with Gasteiger partial charge in [0, 0.05) is 32.4 Å². The molecule has 18 heavy (non-hydrogen) atoms. The topological polar surface area (TPSA) is 53.6 Å². The van der Waals surface area contributed by atoms with Gasteiger partial charge in [0.1, 0.15) is 0 Å². The van der Waals surface area contributed by atoms with E-state index >= 15 is 0 Å². The van der Waals surface area contributed by atoms with Crippen LogP contribution < -0.4 is 16.0 Å². The predicted molar refractivity (Wildman–Crippen MR) is 79.1 cm³/mol. The zero-order valence-corrected chi connectivity index (χ0v) is 11.4. The minimum atomic E-state index is 0.546. The molecule has 0 radical (unpaired) electrons. The van der Waals surface area contributed by atoms with E-state index < -0.39 is 0 Å². The van der Waals surface area contributed by atoms with Crippen molar-refractivity contribution in [3.8, 4) is 0 Å². The average molecular weight is 248 g/mol. The first-order chi connectivity index (χ1) is 8.74. The van der Waals surface area contributed by atoms with E-state index in [4.69, 9.17) is 5.73 Å². The Balaban J connectivity index is 2.23. The highest BCUT2D eigenvalue weighted by atomic mass is 15.1. The van der Waals surface area contributed by atoms with Gasteiger partial charge < -0.3 is 16.0 Å². The van der Waals surface area contributed by atoms with Crippen molar-refractivity contribution < 1.29 is 0 Å². The molecule has 0 atom stereocenters. The number of para-hydroxylation sites is 1.